The lowest BCUT2D eigenvalue weighted by atomic mass is 10.3. The molecular formula is C11H16N4O4S. The van der Waals surface area contributed by atoms with Crippen molar-refractivity contribution in [1.29, 1.82) is 0 Å². The number of primary amides is 1. The highest BCUT2D eigenvalue weighted by Gasteiger charge is 2.28. The standard InChI is InChI=1S/C11H16N4O4S/c1-3-4-13-10(8(17)9(12)18)15(2)20-6-5-7(16)14-11(6)19/h5,8,17H,3-4H2,1-2H3,(H2,12,18)(H,14,16,19). The summed E-state index contributed by atoms with van der Waals surface area (Å²) in [6.07, 6.45) is 0.284. The van der Waals surface area contributed by atoms with Crippen molar-refractivity contribution in [3.05, 3.63) is 11.0 Å². The van der Waals surface area contributed by atoms with Crippen LogP contribution in [0.5, 0.6) is 0 Å². The summed E-state index contributed by atoms with van der Waals surface area (Å²) in [5, 5.41) is 11.8. The van der Waals surface area contributed by atoms with Crippen molar-refractivity contribution in [3.8, 4) is 0 Å². The first-order valence-corrected chi connectivity index (χ1v) is 6.64. The Hall–Kier alpha value is -1.87. The average molecular weight is 300 g/mol. The Morgan fingerprint density at radius 3 is 2.70 bits per heavy atom. The molecular weight excluding hydrogens is 284 g/mol. The highest BCUT2D eigenvalue weighted by Crippen LogP contribution is 2.23. The summed E-state index contributed by atoms with van der Waals surface area (Å²) in [6, 6.07) is 0. The Morgan fingerprint density at radius 2 is 2.25 bits per heavy atom. The lowest BCUT2D eigenvalue weighted by Gasteiger charge is -2.22. The van der Waals surface area contributed by atoms with Crippen molar-refractivity contribution >= 4 is 35.5 Å². The van der Waals surface area contributed by atoms with E-state index in [0.29, 0.717) is 6.54 Å². The van der Waals surface area contributed by atoms with Crippen LogP contribution in [0.2, 0.25) is 0 Å². The van der Waals surface area contributed by atoms with Gasteiger partial charge in [-0.1, -0.05) is 6.92 Å². The van der Waals surface area contributed by atoms with Crippen molar-refractivity contribution in [2.75, 3.05) is 13.6 Å². The molecule has 1 aliphatic rings. The third-order valence-corrected chi connectivity index (χ3v) is 3.25. The first-order valence-electron chi connectivity index (χ1n) is 5.87. The fourth-order valence-corrected chi connectivity index (χ4v) is 2.21. The number of carbonyl (C=O) groups is 3. The number of carbonyl (C=O) groups excluding carboxylic acids is 3. The molecule has 1 aliphatic heterocycles. The minimum Gasteiger partial charge on any atom is -0.376 e. The van der Waals surface area contributed by atoms with Crippen LogP contribution in [-0.4, -0.2) is 52.7 Å². The number of nitrogens with zero attached hydrogens (tertiary/aromatic N) is 2. The van der Waals surface area contributed by atoms with E-state index in [1.807, 2.05) is 6.92 Å². The van der Waals surface area contributed by atoms with Crippen LogP contribution in [0.4, 0.5) is 0 Å². The van der Waals surface area contributed by atoms with E-state index in [2.05, 4.69) is 10.3 Å². The molecule has 0 fully saturated rings. The number of aliphatic imine (C=N–C) groups is 1. The molecule has 0 aromatic carbocycles. The molecule has 1 rings (SSSR count). The normalized spacial score (nSPS) is 16.8. The Balaban J connectivity index is 2.86. The number of hydrogen-bond donors (Lipinski definition) is 3. The quantitative estimate of drug-likeness (QED) is 0.244. The smallest absolute Gasteiger partial charge is 0.266 e. The van der Waals surface area contributed by atoms with Gasteiger partial charge in [0.2, 0.25) is 0 Å². The van der Waals surface area contributed by atoms with Gasteiger partial charge in [-0.05, 0) is 18.4 Å². The predicted molar refractivity (Wildman–Crippen MR) is 74.4 cm³/mol. The van der Waals surface area contributed by atoms with E-state index in [1.54, 1.807) is 0 Å². The van der Waals surface area contributed by atoms with Gasteiger partial charge < -0.3 is 15.1 Å². The van der Waals surface area contributed by atoms with E-state index in [9.17, 15) is 19.5 Å². The van der Waals surface area contributed by atoms with E-state index in [1.165, 1.54) is 11.4 Å². The fourth-order valence-electron chi connectivity index (χ4n) is 1.37. The Morgan fingerprint density at radius 1 is 1.60 bits per heavy atom. The summed E-state index contributed by atoms with van der Waals surface area (Å²) in [7, 11) is 1.52. The van der Waals surface area contributed by atoms with Crippen molar-refractivity contribution in [1.82, 2.24) is 9.62 Å². The molecule has 8 nitrogen and oxygen atoms in total. The lowest BCUT2D eigenvalue weighted by molar-refractivity contribution is -0.124. The number of amides is 3. The topological polar surface area (TPSA) is 125 Å². The van der Waals surface area contributed by atoms with E-state index < -0.39 is 23.8 Å². The van der Waals surface area contributed by atoms with Crippen LogP contribution in [0.3, 0.4) is 0 Å². The summed E-state index contributed by atoms with van der Waals surface area (Å²) < 4.78 is 1.34. The molecule has 1 atom stereocenters. The SMILES string of the molecule is CCCN=C(C(O)C(N)=O)N(C)SC1=CC(=O)NC1=O. The molecule has 0 aliphatic carbocycles. The van der Waals surface area contributed by atoms with E-state index in [4.69, 9.17) is 5.73 Å². The Kier molecular flexibility index (Phi) is 5.71. The monoisotopic (exact) mass is 300 g/mol. The van der Waals surface area contributed by atoms with Crippen molar-refractivity contribution < 1.29 is 19.5 Å². The van der Waals surface area contributed by atoms with Gasteiger partial charge in [-0.2, -0.15) is 0 Å². The van der Waals surface area contributed by atoms with Crippen LogP contribution < -0.4 is 11.1 Å². The molecule has 1 heterocycles. The van der Waals surface area contributed by atoms with Crippen LogP contribution in [0.1, 0.15) is 13.3 Å². The van der Waals surface area contributed by atoms with Crippen LogP contribution in [-0.2, 0) is 14.4 Å². The predicted octanol–water partition coefficient (Wildman–Crippen LogP) is -1.24. The molecule has 3 amide bonds. The van der Waals surface area contributed by atoms with Gasteiger partial charge in [-0.3, -0.25) is 24.7 Å². The van der Waals surface area contributed by atoms with Crippen molar-refractivity contribution in [3.63, 3.8) is 0 Å². The van der Waals surface area contributed by atoms with Gasteiger partial charge in [0.15, 0.2) is 6.10 Å². The molecule has 0 spiro atoms. The Bertz CT molecular complexity index is 489. The average Bonchev–Trinajstić information content (AvgIpc) is 2.67. The van der Waals surface area contributed by atoms with Crippen molar-refractivity contribution in [2.24, 2.45) is 10.7 Å². The molecule has 0 aromatic heterocycles. The molecule has 4 N–H and O–H groups in total. The molecule has 0 aromatic rings. The van der Waals surface area contributed by atoms with Crippen LogP contribution in [0, 0.1) is 0 Å². The van der Waals surface area contributed by atoms with Crippen molar-refractivity contribution in [2.45, 2.75) is 19.4 Å². The van der Waals surface area contributed by atoms with E-state index >= 15 is 0 Å². The van der Waals surface area contributed by atoms with E-state index in [0.717, 1.165) is 24.4 Å². The van der Waals surface area contributed by atoms with Gasteiger partial charge in [-0.25, -0.2) is 0 Å². The highest BCUT2D eigenvalue weighted by atomic mass is 32.2. The number of nitrogens with one attached hydrogen (secondary N) is 1. The molecule has 110 valence electrons. The largest absolute Gasteiger partial charge is 0.376 e. The fraction of sp³-hybridized carbons (Fsp3) is 0.455. The second-order valence-corrected chi connectivity index (χ2v) is 5.13. The number of imide groups is 1. The Labute approximate surface area is 120 Å². The van der Waals surface area contributed by atoms with Gasteiger partial charge in [-0.15, -0.1) is 0 Å². The maximum Gasteiger partial charge on any atom is 0.266 e. The summed E-state index contributed by atoms with van der Waals surface area (Å²) in [6.45, 7) is 2.28. The summed E-state index contributed by atoms with van der Waals surface area (Å²) in [5.74, 6) is -1.94. The number of amidine groups is 1. The minimum absolute atomic E-state index is 0.0393. The third-order valence-electron chi connectivity index (χ3n) is 2.29. The second kappa shape index (κ2) is 7.06. The number of aliphatic hydroxyl groups is 1. The van der Waals surface area contributed by atoms with E-state index in [-0.39, 0.29) is 10.7 Å². The molecule has 0 radical (unpaired) electrons. The van der Waals surface area contributed by atoms with Crippen LogP contribution in [0.15, 0.2) is 16.0 Å². The number of aliphatic hydroxyl groups excluding tert-OH is 1. The zero-order valence-electron chi connectivity index (χ0n) is 11.1. The number of nitrogens with two attached hydrogens (primary N) is 1. The molecule has 0 saturated carbocycles. The zero-order valence-corrected chi connectivity index (χ0v) is 11.9. The summed E-state index contributed by atoms with van der Waals surface area (Å²) in [5.41, 5.74) is 5.05. The van der Waals surface area contributed by atoms with Crippen LogP contribution in [0.25, 0.3) is 0 Å². The zero-order chi connectivity index (χ0) is 15.3. The van der Waals surface area contributed by atoms with Gasteiger partial charge in [0.1, 0.15) is 5.84 Å². The third kappa shape index (κ3) is 4.07. The second-order valence-electron chi connectivity index (χ2n) is 3.96. The molecule has 9 heteroatoms. The minimum atomic E-state index is -1.57. The summed E-state index contributed by atoms with van der Waals surface area (Å²) >= 11 is 0.886. The first-order chi connectivity index (χ1) is 9.36. The van der Waals surface area contributed by atoms with Gasteiger partial charge in [0.25, 0.3) is 17.7 Å². The summed E-state index contributed by atoms with van der Waals surface area (Å²) in [4.78, 5) is 37.8. The first kappa shape index (κ1) is 16.2. The molecule has 0 bridgehead atoms. The van der Waals surface area contributed by atoms with Gasteiger partial charge >= 0.3 is 0 Å². The highest BCUT2D eigenvalue weighted by molar-refractivity contribution is 8.02. The maximum atomic E-state index is 11.4. The number of hydrogen-bond acceptors (Lipinski definition) is 6. The number of rotatable bonds is 6. The molecule has 0 saturated heterocycles. The number of likely N-dealkylation sites (N-methyl/N-ethyl adjacent to an activating group) is 1. The van der Waals surface area contributed by atoms with Crippen LogP contribution >= 0.6 is 11.9 Å². The van der Waals surface area contributed by atoms with Gasteiger partial charge in [0, 0.05) is 19.7 Å². The molecule has 20 heavy (non-hydrogen) atoms. The molecule has 1 unspecified atom stereocenters. The lowest BCUT2D eigenvalue weighted by Crippen LogP contribution is -2.42. The maximum absolute atomic E-state index is 11.4. The van der Waals surface area contributed by atoms with Gasteiger partial charge in [0.05, 0.1) is 4.91 Å².